The van der Waals surface area contributed by atoms with Gasteiger partial charge in [-0.3, -0.25) is 0 Å². The van der Waals surface area contributed by atoms with Gasteiger partial charge in [0.05, 0.1) is 5.52 Å². The Labute approximate surface area is 122 Å². The SMILES string of the molecule is CNc1nc(-c2cc(C)cc(F)c2)nc2c(C)cccc12. The summed E-state index contributed by atoms with van der Waals surface area (Å²) in [6.45, 7) is 3.87. The Kier molecular flexibility index (Phi) is 3.29. The summed E-state index contributed by atoms with van der Waals surface area (Å²) in [6, 6.07) is 10.8. The van der Waals surface area contributed by atoms with E-state index in [1.165, 1.54) is 12.1 Å². The van der Waals surface area contributed by atoms with E-state index in [0.717, 1.165) is 27.8 Å². The van der Waals surface area contributed by atoms with Crippen LogP contribution in [0.3, 0.4) is 0 Å². The summed E-state index contributed by atoms with van der Waals surface area (Å²) in [5.74, 6) is 1.01. The first-order valence-electron chi connectivity index (χ1n) is 6.81. The fourth-order valence-corrected chi connectivity index (χ4v) is 2.48. The van der Waals surface area contributed by atoms with E-state index in [0.29, 0.717) is 11.4 Å². The standard InChI is InChI=1S/C17H16FN3/c1-10-7-12(9-13(18)8-10)16-20-15-11(2)5-4-6-14(15)17(19-3)21-16/h4-9H,1-3H3,(H,19,20,21). The van der Waals surface area contributed by atoms with Crippen LogP contribution in [0.1, 0.15) is 11.1 Å². The molecule has 106 valence electrons. The second kappa shape index (κ2) is 5.13. The van der Waals surface area contributed by atoms with Crippen LogP contribution in [0.4, 0.5) is 10.2 Å². The van der Waals surface area contributed by atoms with Crippen molar-refractivity contribution in [2.45, 2.75) is 13.8 Å². The predicted molar refractivity (Wildman–Crippen MR) is 84.0 cm³/mol. The molecule has 1 N–H and O–H groups in total. The van der Waals surface area contributed by atoms with Gasteiger partial charge in [-0.1, -0.05) is 12.1 Å². The molecule has 3 rings (SSSR count). The van der Waals surface area contributed by atoms with E-state index in [4.69, 9.17) is 0 Å². The lowest BCUT2D eigenvalue weighted by molar-refractivity contribution is 0.627. The van der Waals surface area contributed by atoms with Crippen LogP contribution < -0.4 is 5.32 Å². The molecule has 0 aliphatic heterocycles. The highest BCUT2D eigenvalue weighted by molar-refractivity contribution is 5.92. The maximum atomic E-state index is 13.6. The first-order chi connectivity index (χ1) is 10.1. The molecule has 0 aliphatic rings. The summed E-state index contributed by atoms with van der Waals surface area (Å²) in [6.07, 6.45) is 0. The molecule has 3 aromatic rings. The molecule has 0 spiro atoms. The van der Waals surface area contributed by atoms with Gasteiger partial charge in [-0.25, -0.2) is 14.4 Å². The smallest absolute Gasteiger partial charge is 0.162 e. The average Bonchev–Trinajstić information content (AvgIpc) is 2.45. The highest BCUT2D eigenvalue weighted by Crippen LogP contribution is 2.27. The van der Waals surface area contributed by atoms with Crippen molar-refractivity contribution in [1.82, 2.24) is 9.97 Å². The normalized spacial score (nSPS) is 10.9. The van der Waals surface area contributed by atoms with Crippen LogP contribution in [0.25, 0.3) is 22.3 Å². The first kappa shape index (κ1) is 13.5. The molecule has 3 nitrogen and oxygen atoms in total. The van der Waals surface area contributed by atoms with Crippen molar-refractivity contribution < 1.29 is 4.39 Å². The van der Waals surface area contributed by atoms with Gasteiger partial charge in [0, 0.05) is 18.0 Å². The van der Waals surface area contributed by atoms with Crippen molar-refractivity contribution >= 4 is 16.7 Å². The minimum Gasteiger partial charge on any atom is -0.373 e. The van der Waals surface area contributed by atoms with E-state index in [2.05, 4.69) is 15.3 Å². The second-order valence-corrected chi connectivity index (χ2v) is 5.13. The molecule has 0 saturated heterocycles. The minimum absolute atomic E-state index is 0.274. The minimum atomic E-state index is -0.274. The van der Waals surface area contributed by atoms with Gasteiger partial charge in [-0.2, -0.15) is 0 Å². The lowest BCUT2D eigenvalue weighted by atomic mass is 10.1. The number of para-hydroxylation sites is 1. The summed E-state index contributed by atoms with van der Waals surface area (Å²) in [7, 11) is 1.82. The van der Waals surface area contributed by atoms with E-state index >= 15 is 0 Å². The molecule has 0 fully saturated rings. The summed E-state index contributed by atoms with van der Waals surface area (Å²) >= 11 is 0. The Morgan fingerprint density at radius 2 is 1.86 bits per heavy atom. The largest absolute Gasteiger partial charge is 0.373 e. The molecule has 1 aromatic heterocycles. The van der Waals surface area contributed by atoms with Crippen molar-refractivity contribution in [1.29, 1.82) is 0 Å². The Hall–Kier alpha value is -2.49. The second-order valence-electron chi connectivity index (χ2n) is 5.13. The van der Waals surface area contributed by atoms with Crippen molar-refractivity contribution in [3.05, 3.63) is 53.3 Å². The molecule has 0 aliphatic carbocycles. The summed E-state index contributed by atoms with van der Waals surface area (Å²) in [4.78, 5) is 9.14. The van der Waals surface area contributed by atoms with Crippen LogP contribution in [0.15, 0.2) is 36.4 Å². The summed E-state index contributed by atoms with van der Waals surface area (Å²) in [5, 5.41) is 4.06. The summed E-state index contributed by atoms with van der Waals surface area (Å²) in [5.41, 5.74) is 3.49. The molecule has 1 heterocycles. The average molecular weight is 281 g/mol. The number of benzene rings is 2. The Bertz CT molecular complexity index is 807. The fraction of sp³-hybridized carbons (Fsp3) is 0.176. The number of aryl methyl sites for hydroxylation is 2. The molecule has 0 unspecified atom stereocenters. The molecule has 4 heteroatoms. The number of anilines is 1. The number of nitrogens with zero attached hydrogens (tertiary/aromatic N) is 2. The van der Waals surface area contributed by atoms with Crippen LogP contribution in [0.5, 0.6) is 0 Å². The molecule has 0 amide bonds. The quantitative estimate of drug-likeness (QED) is 0.768. The molecular weight excluding hydrogens is 265 g/mol. The number of fused-ring (bicyclic) bond motifs is 1. The number of halogens is 1. The highest BCUT2D eigenvalue weighted by atomic mass is 19.1. The van der Waals surface area contributed by atoms with Crippen LogP contribution >= 0.6 is 0 Å². The van der Waals surface area contributed by atoms with Gasteiger partial charge in [0.1, 0.15) is 11.6 Å². The Morgan fingerprint density at radius 1 is 1.05 bits per heavy atom. The maximum Gasteiger partial charge on any atom is 0.162 e. The fourth-order valence-electron chi connectivity index (χ4n) is 2.48. The molecule has 2 aromatic carbocycles. The topological polar surface area (TPSA) is 37.8 Å². The molecule has 0 bridgehead atoms. The molecule has 21 heavy (non-hydrogen) atoms. The third-order valence-electron chi connectivity index (χ3n) is 3.47. The number of aromatic nitrogens is 2. The zero-order chi connectivity index (χ0) is 15.0. The third-order valence-corrected chi connectivity index (χ3v) is 3.47. The van der Waals surface area contributed by atoms with Gasteiger partial charge < -0.3 is 5.32 Å². The van der Waals surface area contributed by atoms with Gasteiger partial charge >= 0.3 is 0 Å². The zero-order valence-electron chi connectivity index (χ0n) is 12.2. The monoisotopic (exact) mass is 281 g/mol. The van der Waals surface area contributed by atoms with Crippen LogP contribution in [-0.2, 0) is 0 Å². The number of rotatable bonds is 2. The molecule has 0 radical (unpaired) electrons. The van der Waals surface area contributed by atoms with Gasteiger partial charge in [-0.05, 0) is 49.2 Å². The lowest BCUT2D eigenvalue weighted by Crippen LogP contribution is -2.00. The van der Waals surface area contributed by atoms with Crippen molar-refractivity contribution in [2.75, 3.05) is 12.4 Å². The predicted octanol–water partition coefficient (Wildman–Crippen LogP) is 4.09. The van der Waals surface area contributed by atoms with Crippen molar-refractivity contribution in [2.24, 2.45) is 0 Å². The van der Waals surface area contributed by atoms with E-state index in [-0.39, 0.29) is 5.82 Å². The van der Waals surface area contributed by atoms with E-state index in [9.17, 15) is 4.39 Å². The van der Waals surface area contributed by atoms with Gasteiger partial charge in [0.25, 0.3) is 0 Å². The van der Waals surface area contributed by atoms with E-state index < -0.39 is 0 Å². The number of nitrogens with one attached hydrogen (secondary N) is 1. The van der Waals surface area contributed by atoms with Crippen molar-refractivity contribution in [3.8, 4) is 11.4 Å². The van der Waals surface area contributed by atoms with Gasteiger partial charge in [0.2, 0.25) is 0 Å². The maximum absolute atomic E-state index is 13.6. The molecule has 0 atom stereocenters. The Balaban J connectivity index is 2.30. The van der Waals surface area contributed by atoms with E-state index in [1.807, 2.05) is 45.2 Å². The van der Waals surface area contributed by atoms with Gasteiger partial charge in [0.15, 0.2) is 5.82 Å². The first-order valence-corrected chi connectivity index (χ1v) is 6.81. The van der Waals surface area contributed by atoms with Crippen LogP contribution in [-0.4, -0.2) is 17.0 Å². The lowest BCUT2D eigenvalue weighted by Gasteiger charge is -2.10. The summed E-state index contributed by atoms with van der Waals surface area (Å²) < 4.78 is 13.6. The number of hydrogen-bond donors (Lipinski definition) is 1. The molecule has 0 saturated carbocycles. The Morgan fingerprint density at radius 3 is 2.57 bits per heavy atom. The van der Waals surface area contributed by atoms with Crippen molar-refractivity contribution in [3.63, 3.8) is 0 Å². The zero-order valence-corrected chi connectivity index (χ0v) is 12.2. The van der Waals surface area contributed by atoms with Crippen LogP contribution in [0, 0.1) is 19.7 Å². The molecular formula is C17H16FN3. The van der Waals surface area contributed by atoms with Crippen LogP contribution in [0.2, 0.25) is 0 Å². The van der Waals surface area contributed by atoms with Gasteiger partial charge in [-0.15, -0.1) is 0 Å². The van der Waals surface area contributed by atoms with E-state index in [1.54, 1.807) is 0 Å². The highest BCUT2D eigenvalue weighted by Gasteiger charge is 2.11. The number of hydrogen-bond acceptors (Lipinski definition) is 3. The third kappa shape index (κ3) is 2.44.